The minimum atomic E-state index is -0.925. The molecule has 2 aliphatic rings. The van der Waals surface area contributed by atoms with Crippen molar-refractivity contribution in [3.63, 3.8) is 0 Å². The first-order valence-electron chi connectivity index (χ1n) is 9.10. The molecule has 4 rings (SSSR count). The highest BCUT2D eigenvalue weighted by Crippen LogP contribution is 2.33. The van der Waals surface area contributed by atoms with E-state index in [1.54, 1.807) is 12.1 Å². The summed E-state index contributed by atoms with van der Waals surface area (Å²) in [6, 6.07) is 12.6. The van der Waals surface area contributed by atoms with E-state index < -0.39 is 5.97 Å². The highest BCUT2D eigenvalue weighted by molar-refractivity contribution is 5.87. The van der Waals surface area contributed by atoms with E-state index in [1.807, 2.05) is 35.2 Å². The predicted octanol–water partition coefficient (Wildman–Crippen LogP) is 3.06. The van der Waals surface area contributed by atoms with E-state index in [4.69, 9.17) is 14.6 Å². The van der Waals surface area contributed by atoms with Gasteiger partial charge in [0.25, 0.3) is 0 Å². The van der Waals surface area contributed by atoms with Gasteiger partial charge in [0, 0.05) is 19.0 Å². The quantitative estimate of drug-likeness (QED) is 0.899. The number of ether oxygens (including phenoxy) is 2. The number of carboxylic acids is 1. The van der Waals surface area contributed by atoms with Crippen LogP contribution in [0.5, 0.6) is 11.5 Å². The van der Waals surface area contributed by atoms with Crippen molar-refractivity contribution >= 4 is 11.9 Å². The molecule has 1 fully saturated rings. The van der Waals surface area contributed by atoms with Crippen molar-refractivity contribution in [2.45, 2.75) is 25.2 Å². The number of benzene rings is 2. The van der Waals surface area contributed by atoms with E-state index >= 15 is 0 Å². The molecule has 2 aromatic carbocycles. The first-order valence-corrected chi connectivity index (χ1v) is 9.10. The molecule has 1 unspecified atom stereocenters. The maximum absolute atomic E-state index is 12.8. The lowest BCUT2D eigenvalue weighted by molar-refractivity contribution is -0.131. The third-order valence-corrected chi connectivity index (χ3v) is 5.20. The second-order valence-corrected chi connectivity index (χ2v) is 6.97. The van der Waals surface area contributed by atoms with Gasteiger partial charge in [-0.15, -0.1) is 0 Å². The summed E-state index contributed by atoms with van der Waals surface area (Å²) < 4.78 is 10.7. The van der Waals surface area contributed by atoms with Crippen LogP contribution in [0.4, 0.5) is 0 Å². The number of nitrogens with zero attached hydrogens (tertiary/aromatic N) is 1. The molecule has 0 aromatic heterocycles. The summed E-state index contributed by atoms with van der Waals surface area (Å²) in [6.07, 6.45) is 2.28. The molecule has 2 heterocycles. The maximum Gasteiger partial charge on any atom is 0.335 e. The fourth-order valence-corrected chi connectivity index (χ4v) is 3.71. The molecule has 2 aromatic rings. The highest BCUT2D eigenvalue weighted by atomic mass is 16.7. The van der Waals surface area contributed by atoms with Gasteiger partial charge in [0.15, 0.2) is 11.5 Å². The normalized spacial score (nSPS) is 18.4. The monoisotopic (exact) mass is 367 g/mol. The zero-order chi connectivity index (χ0) is 18.8. The highest BCUT2D eigenvalue weighted by Gasteiger charge is 2.25. The van der Waals surface area contributed by atoms with Crippen molar-refractivity contribution in [3.05, 3.63) is 59.2 Å². The molecule has 0 bridgehead atoms. The van der Waals surface area contributed by atoms with Crippen molar-refractivity contribution in [1.29, 1.82) is 0 Å². The largest absolute Gasteiger partial charge is 0.478 e. The number of carbonyl (C=O) groups excluding carboxylic acids is 1. The molecule has 27 heavy (non-hydrogen) atoms. The number of hydrogen-bond acceptors (Lipinski definition) is 4. The number of piperidine rings is 1. The van der Waals surface area contributed by atoms with E-state index in [-0.39, 0.29) is 24.2 Å². The van der Waals surface area contributed by atoms with E-state index in [2.05, 4.69) is 0 Å². The number of aromatic carboxylic acids is 1. The topological polar surface area (TPSA) is 76.1 Å². The molecule has 1 amide bonds. The summed E-state index contributed by atoms with van der Waals surface area (Å²) in [5.74, 6) is 0.818. The number of fused-ring (bicyclic) bond motifs is 1. The second-order valence-electron chi connectivity index (χ2n) is 6.97. The third-order valence-electron chi connectivity index (χ3n) is 5.20. The fraction of sp³-hybridized carbons (Fsp3) is 0.333. The van der Waals surface area contributed by atoms with Crippen LogP contribution in [-0.4, -0.2) is 41.8 Å². The number of carbonyl (C=O) groups is 2. The minimum Gasteiger partial charge on any atom is -0.478 e. The number of likely N-dealkylation sites (tertiary alicyclic amines) is 1. The second kappa shape index (κ2) is 7.31. The van der Waals surface area contributed by atoms with Crippen molar-refractivity contribution in [2.75, 3.05) is 19.9 Å². The maximum atomic E-state index is 12.8. The lowest BCUT2D eigenvalue weighted by Crippen LogP contribution is -2.39. The lowest BCUT2D eigenvalue weighted by Gasteiger charge is -2.33. The summed E-state index contributed by atoms with van der Waals surface area (Å²) in [4.78, 5) is 25.7. The SMILES string of the molecule is O=C(O)c1ccc(C2CCCN(C(=O)Cc3ccc4c(c3)OCO4)C2)cc1. The molecular weight excluding hydrogens is 346 g/mol. The molecule has 1 atom stereocenters. The Morgan fingerprint density at radius 2 is 1.85 bits per heavy atom. The summed E-state index contributed by atoms with van der Waals surface area (Å²) in [5.41, 5.74) is 2.28. The average molecular weight is 367 g/mol. The molecular formula is C21H21NO5. The Bertz CT molecular complexity index is 861. The van der Waals surface area contributed by atoms with Gasteiger partial charge in [-0.1, -0.05) is 18.2 Å². The summed E-state index contributed by atoms with van der Waals surface area (Å²) in [6.45, 7) is 1.64. The van der Waals surface area contributed by atoms with Crippen LogP contribution in [-0.2, 0) is 11.2 Å². The molecule has 0 radical (unpaired) electrons. The first kappa shape index (κ1) is 17.4. The van der Waals surface area contributed by atoms with E-state index in [0.29, 0.717) is 24.5 Å². The zero-order valence-corrected chi connectivity index (χ0v) is 14.9. The van der Waals surface area contributed by atoms with Crippen LogP contribution in [0.1, 0.15) is 40.2 Å². The van der Waals surface area contributed by atoms with Crippen LogP contribution in [0.2, 0.25) is 0 Å². The number of amides is 1. The Hall–Kier alpha value is -3.02. The van der Waals surface area contributed by atoms with Crippen LogP contribution in [0.15, 0.2) is 42.5 Å². The van der Waals surface area contributed by atoms with Crippen LogP contribution < -0.4 is 9.47 Å². The van der Waals surface area contributed by atoms with Crippen LogP contribution in [0.25, 0.3) is 0 Å². The summed E-state index contributed by atoms with van der Waals surface area (Å²) >= 11 is 0. The van der Waals surface area contributed by atoms with Gasteiger partial charge in [-0.3, -0.25) is 4.79 Å². The van der Waals surface area contributed by atoms with Crippen LogP contribution >= 0.6 is 0 Å². The molecule has 6 nitrogen and oxygen atoms in total. The van der Waals surface area contributed by atoms with Crippen LogP contribution in [0.3, 0.4) is 0 Å². The fourth-order valence-electron chi connectivity index (χ4n) is 3.71. The molecule has 6 heteroatoms. The van der Waals surface area contributed by atoms with Gasteiger partial charge >= 0.3 is 5.97 Å². The Morgan fingerprint density at radius 3 is 2.63 bits per heavy atom. The summed E-state index contributed by atoms with van der Waals surface area (Å²) in [7, 11) is 0. The predicted molar refractivity (Wildman–Crippen MR) is 98.2 cm³/mol. The van der Waals surface area contributed by atoms with Crippen molar-refractivity contribution < 1.29 is 24.2 Å². The van der Waals surface area contributed by atoms with E-state index in [9.17, 15) is 9.59 Å². The molecule has 0 spiro atoms. The van der Waals surface area contributed by atoms with Gasteiger partial charge in [0.1, 0.15) is 0 Å². The van der Waals surface area contributed by atoms with Crippen molar-refractivity contribution in [1.82, 2.24) is 4.90 Å². The van der Waals surface area contributed by atoms with Gasteiger partial charge in [0.2, 0.25) is 12.7 Å². The molecule has 0 saturated carbocycles. The molecule has 1 saturated heterocycles. The Labute approximate surface area is 157 Å². The smallest absolute Gasteiger partial charge is 0.335 e. The molecule has 140 valence electrons. The lowest BCUT2D eigenvalue weighted by atomic mass is 9.90. The first-order chi connectivity index (χ1) is 13.1. The van der Waals surface area contributed by atoms with Crippen molar-refractivity contribution in [3.8, 4) is 11.5 Å². The van der Waals surface area contributed by atoms with E-state index in [0.717, 1.165) is 30.5 Å². The third kappa shape index (κ3) is 3.74. The van der Waals surface area contributed by atoms with Gasteiger partial charge in [0.05, 0.1) is 12.0 Å². The molecule has 1 N–H and O–H groups in total. The summed E-state index contributed by atoms with van der Waals surface area (Å²) in [5, 5.41) is 9.03. The zero-order valence-electron chi connectivity index (χ0n) is 14.9. The minimum absolute atomic E-state index is 0.0979. The Morgan fingerprint density at radius 1 is 1.07 bits per heavy atom. The van der Waals surface area contributed by atoms with Crippen molar-refractivity contribution in [2.24, 2.45) is 0 Å². The Kier molecular flexibility index (Phi) is 4.71. The average Bonchev–Trinajstić information content (AvgIpc) is 3.16. The molecule has 0 aliphatic carbocycles. The standard InChI is InChI=1S/C21H21NO5/c23-20(11-14-3-8-18-19(10-14)27-13-26-18)22-9-1-2-17(12-22)15-4-6-16(7-5-15)21(24)25/h3-8,10,17H,1-2,9,11-13H2,(H,24,25). The number of hydrogen-bond donors (Lipinski definition) is 1. The number of carboxylic acid groups (broad SMARTS) is 1. The van der Waals surface area contributed by atoms with Crippen LogP contribution in [0, 0.1) is 0 Å². The Balaban J connectivity index is 1.41. The number of rotatable bonds is 4. The van der Waals surface area contributed by atoms with Gasteiger partial charge in [-0.2, -0.15) is 0 Å². The molecule has 2 aliphatic heterocycles. The van der Waals surface area contributed by atoms with Gasteiger partial charge in [-0.05, 0) is 48.2 Å². The van der Waals surface area contributed by atoms with Gasteiger partial charge in [-0.25, -0.2) is 4.79 Å². The van der Waals surface area contributed by atoms with Gasteiger partial charge < -0.3 is 19.5 Å². The van der Waals surface area contributed by atoms with E-state index in [1.165, 1.54) is 0 Å².